The minimum Gasteiger partial charge on any atom is -0.267 e. The fourth-order valence-electron chi connectivity index (χ4n) is 0.935. The molecule has 10 heavy (non-hydrogen) atoms. The molecule has 0 unspecified atom stereocenters. The summed E-state index contributed by atoms with van der Waals surface area (Å²) in [5.74, 6) is 0. The fourth-order valence-corrected chi connectivity index (χ4v) is 1.47. The Morgan fingerprint density at radius 2 is 2.40 bits per heavy atom. The van der Waals surface area contributed by atoms with Gasteiger partial charge in [0.15, 0.2) is 0 Å². The van der Waals surface area contributed by atoms with Crippen molar-refractivity contribution in [2.24, 2.45) is 0 Å². The molecule has 1 aliphatic rings. The van der Waals surface area contributed by atoms with Crippen molar-refractivity contribution in [3.63, 3.8) is 0 Å². The Bertz CT molecular complexity index is 298. The molecule has 0 aliphatic heterocycles. The van der Waals surface area contributed by atoms with Gasteiger partial charge >= 0.3 is 5.69 Å². The lowest BCUT2D eigenvalue weighted by Gasteiger charge is -1.93. The van der Waals surface area contributed by atoms with E-state index in [1.54, 1.807) is 4.57 Å². The smallest absolute Gasteiger partial charge is 0.267 e. The molecule has 1 aromatic heterocycles. The molecule has 1 aliphatic carbocycles. The van der Waals surface area contributed by atoms with E-state index >= 15 is 0 Å². The third-order valence-electron chi connectivity index (χ3n) is 1.57. The Morgan fingerprint density at radius 3 is 2.80 bits per heavy atom. The van der Waals surface area contributed by atoms with Crippen LogP contribution in [0.4, 0.5) is 0 Å². The molecule has 1 aromatic rings. The summed E-state index contributed by atoms with van der Waals surface area (Å²) in [6.07, 6.45) is 2.19. The van der Waals surface area contributed by atoms with Crippen molar-refractivity contribution < 1.29 is 0 Å². The summed E-state index contributed by atoms with van der Waals surface area (Å²) in [6.45, 7) is 0. The fraction of sp³-hybridized carbons (Fsp3) is 0.600. The minimum absolute atomic E-state index is 0.116. The average molecular weight is 204 g/mol. The number of rotatable bonds is 1. The van der Waals surface area contributed by atoms with Crippen LogP contribution in [0.5, 0.6) is 0 Å². The van der Waals surface area contributed by atoms with Crippen LogP contribution in [0.25, 0.3) is 0 Å². The van der Waals surface area contributed by atoms with E-state index in [0.717, 1.165) is 12.8 Å². The average Bonchev–Trinajstić information content (AvgIpc) is 2.64. The van der Waals surface area contributed by atoms with Gasteiger partial charge in [0.1, 0.15) is 0 Å². The quantitative estimate of drug-likeness (QED) is 0.730. The first-order chi connectivity index (χ1) is 4.79. The highest BCUT2D eigenvalue weighted by Gasteiger charge is 2.27. The molecule has 0 amide bonds. The molecule has 0 atom stereocenters. The molecular weight excluding hydrogens is 198 g/mol. The van der Waals surface area contributed by atoms with Crippen molar-refractivity contribution in [1.82, 2.24) is 14.8 Å². The van der Waals surface area contributed by atoms with E-state index in [9.17, 15) is 4.79 Å². The second-order valence-electron chi connectivity index (χ2n) is 2.40. The predicted octanol–water partition coefficient (Wildman–Crippen LogP) is 0.669. The number of hydrogen-bond donors (Lipinski definition) is 1. The zero-order chi connectivity index (χ0) is 7.14. The Hall–Kier alpha value is -0.580. The van der Waals surface area contributed by atoms with Gasteiger partial charge in [-0.25, -0.2) is 9.89 Å². The maximum Gasteiger partial charge on any atom is 0.344 e. The van der Waals surface area contributed by atoms with Crippen LogP contribution in [-0.4, -0.2) is 14.8 Å². The topological polar surface area (TPSA) is 50.7 Å². The van der Waals surface area contributed by atoms with Crippen molar-refractivity contribution >= 4 is 15.9 Å². The third kappa shape index (κ3) is 0.811. The summed E-state index contributed by atoms with van der Waals surface area (Å²) in [5, 5.41) is 6.09. The summed E-state index contributed by atoms with van der Waals surface area (Å²) >= 11 is 3.18. The normalized spacial score (nSPS) is 17.7. The highest BCUT2D eigenvalue weighted by Crippen LogP contribution is 2.34. The molecule has 0 saturated heterocycles. The van der Waals surface area contributed by atoms with Gasteiger partial charge in [-0.3, -0.25) is 4.57 Å². The Balaban J connectivity index is 2.54. The van der Waals surface area contributed by atoms with Gasteiger partial charge in [0.25, 0.3) is 0 Å². The Labute approximate surface area is 65.4 Å². The maximum atomic E-state index is 10.9. The summed E-state index contributed by atoms with van der Waals surface area (Å²) < 4.78 is 2.25. The molecular formula is C5H6BrN3O. The predicted molar refractivity (Wildman–Crippen MR) is 38.8 cm³/mol. The monoisotopic (exact) mass is 203 g/mol. The van der Waals surface area contributed by atoms with Gasteiger partial charge < -0.3 is 0 Å². The summed E-state index contributed by atoms with van der Waals surface area (Å²) in [7, 11) is 0. The number of nitrogens with zero attached hydrogens (tertiary/aromatic N) is 2. The molecule has 1 saturated carbocycles. The Kier molecular flexibility index (Phi) is 1.20. The molecule has 1 heterocycles. The van der Waals surface area contributed by atoms with E-state index in [1.165, 1.54) is 0 Å². The lowest BCUT2D eigenvalue weighted by Crippen LogP contribution is -2.15. The summed E-state index contributed by atoms with van der Waals surface area (Å²) in [5.41, 5.74) is -0.116. The molecule has 5 heteroatoms. The van der Waals surface area contributed by atoms with Crippen LogP contribution in [0.3, 0.4) is 0 Å². The van der Waals surface area contributed by atoms with E-state index < -0.39 is 0 Å². The second kappa shape index (κ2) is 1.95. The number of H-pyrrole nitrogens is 1. The van der Waals surface area contributed by atoms with Crippen LogP contribution in [0.15, 0.2) is 9.53 Å². The van der Waals surface area contributed by atoms with Gasteiger partial charge in [0.05, 0.1) is 0 Å². The number of aromatic nitrogens is 3. The lowest BCUT2D eigenvalue weighted by molar-refractivity contribution is 0.693. The molecule has 0 radical (unpaired) electrons. The SMILES string of the molecule is O=c1[nH]nc(Br)n1C1CC1. The molecule has 1 N–H and O–H groups in total. The Morgan fingerprint density at radius 1 is 1.70 bits per heavy atom. The minimum atomic E-state index is -0.116. The standard InChI is InChI=1S/C5H6BrN3O/c6-4-7-8-5(10)9(4)3-1-2-3/h3H,1-2H2,(H,8,10). The highest BCUT2D eigenvalue weighted by atomic mass is 79.9. The molecule has 2 rings (SSSR count). The zero-order valence-corrected chi connectivity index (χ0v) is 6.76. The van der Waals surface area contributed by atoms with Gasteiger partial charge in [-0.2, -0.15) is 0 Å². The second-order valence-corrected chi connectivity index (χ2v) is 3.11. The van der Waals surface area contributed by atoms with Crippen LogP contribution in [-0.2, 0) is 0 Å². The van der Waals surface area contributed by atoms with Gasteiger partial charge in [0.2, 0.25) is 4.73 Å². The maximum absolute atomic E-state index is 10.9. The molecule has 0 bridgehead atoms. The van der Waals surface area contributed by atoms with Crippen molar-refractivity contribution in [1.29, 1.82) is 0 Å². The van der Waals surface area contributed by atoms with Crippen LogP contribution >= 0.6 is 15.9 Å². The molecule has 4 nitrogen and oxygen atoms in total. The van der Waals surface area contributed by atoms with Crippen LogP contribution < -0.4 is 5.69 Å². The first kappa shape index (κ1) is 6.15. The number of halogens is 1. The van der Waals surface area contributed by atoms with Gasteiger partial charge in [0, 0.05) is 6.04 Å². The molecule has 54 valence electrons. The van der Waals surface area contributed by atoms with Crippen LogP contribution in [0, 0.1) is 0 Å². The summed E-state index contributed by atoms with van der Waals surface area (Å²) in [4.78, 5) is 10.9. The van der Waals surface area contributed by atoms with Gasteiger partial charge in [-0.15, -0.1) is 5.10 Å². The first-order valence-corrected chi connectivity index (χ1v) is 3.91. The van der Waals surface area contributed by atoms with Crippen molar-refractivity contribution in [2.75, 3.05) is 0 Å². The summed E-state index contributed by atoms with van der Waals surface area (Å²) in [6, 6.07) is 0.389. The highest BCUT2D eigenvalue weighted by molar-refractivity contribution is 9.10. The van der Waals surface area contributed by atoms with Crippen molar-refractivity contribution in [3.8, 4) is 0 Å². The van der Waals surface area contributed by atoms with E-state index in [1.807, 2.05) is 0 Å². The van der Waals surface area contributed by atoms with Gasteiger partial charge in [-0.05, 0) is 28.8 Å². The first-order valence-electron chi connectivity index (χ1n) is 3.11. The van der Waals surface area contributed by atoms with Crippen molar-refractivity contribution in [3.05, 3.63) is 15.2 Å². The van der Waals surface area contributed by atoms with E-state index in [0.29, 0.717) is 10.8 Å². The van der Waals surface area contributed by atoms with Crippen LogP contribution in [0.2, 0.25) is 0 Å². The molecule has 0 aromatic carbocycles. The van der Waals surface area contributed by atoms with Gasteiger partial charge in [-0.1, -0.05) is 0 Å². The van der Waals surface area contributed by atoms with E-state index in [-0.39, 0.29) is 5.69 Å². The van der Waals surface area contributed by atoms with E-state index in [4.69, 9.17) is 0 Å². The number of nitrogens with one attached hydrogen (secondary N) is 1. The zero-order valence-electron chi connectivity index (χ0n) is 5.17. The number of aromatic amines is 1. The van der Waals surface area contributed by atoms with Crippen LogP contribution in [0.1, 0.15) is 18.9 Å². The van der Waals surface area contributed by atoms with E-state index in [2.05, 4.69) is 26.1 Å². The largest absolute Gasteiger partial charge is 0.344 e. The third-order valence-corrected chi connectivity index (χ3v) is 2.13. The molecule has 0 spiro atoms. The molecule has 1 fully saturated rings. The lowest BCUT2D eigenvalue weighted by atomic mass is 10.7. The number of hydrogen-bond acceptors (Lipinski definition) is 2. The van der Waals surface area contributed by atoms with Crippen molar-refractivity contribution in [2.45, 2.75) is 18.9 Å².